The zero-order valence-corrected chi connectivity index (χ0v) is 30.7. The van der Waals surface area contributed by atoms with Crippen LogP contribution in [0, 0.1) is 11.8 Å². The predicted octanol–water partition coefficient (Wildman–Crippen LogP) is -4.24. The molecule has 0 bridgehead atoms. The molecule has 0 radical (unpaired) electrons. The number of unbranched alkanes of at least 4 members (excludes halogenated alkanes) is 1. The fourth-order valence-corrected chi connectivity index (χ4v) is 4.60. The molecule has 0 aromatic rings. The van der Waals surface area contributed by atoms with Crippen molar-refractivity contribution in [3.05, 3.63) is 0 Å². The Hall–Kier alpha value is -4.89. The molecule has 0 spiro atoms. The van der Waals surface area contributed by atoms with Gasteiger partial charge < -0.3 is 64.0 Å². The van der Waals surface area contributed by atoms with E-state index in [1.165, 1.54) is 0 Å². The number of nitrogens with one attached hydrogen (secondary N) is 7. The van der Waals surface area contributed by atoms with E-state index in [0.717, 1.165) is 0 Å². The molecule has 0 heterocycles. The van der Waals surface area contributed by atoms with Crippen molar-refractivity contribution in [1.82, 2.24) is 37.2 Å². The van der Waals surface area contributed by atoms with Crippen LogP contribution >= 0.6 is 0 Å². The van der Waals surface area contributed by atoms with Gasteiger partial charge in [-0.05, 0) is 50.5 Å². The van der Waals surface area contributed by atoms with Crippen LogP contribution in [0.3, 0.4) is 0 Å². The van der Waals surface area contributed by atoms with E-state index < -0.39 is 123 Å². The van der Waals surface area contributed by atoms with Crippen LogP contribution in [0.25, 0.3) is 0 Å². The van der Waals surface area contributed by atoms with Crippen LogP contribution < -0.4 is 48.7 Å². The SMILES string of the molecule is CC[C@H](C)[C@H](N)C(=O)NCC(=O)N[C@@H](CC(C)C)C(=O)N[C@@H](CO)C(=O)NCC(=O)N[C@@H](CCC(=O)O)C(=O)N[C@@H](CCCCN)C(=O)NCC(=O)O. The molecule has 0 aromatic heterocycles. The van der Waals surface area contributed by atoms with Crippen molar-refractivity contribution in [3.63, 3.8) is 0 Å². The Morgan fingerprint density at radius 1 is 0.604 bits per heavy atom. The predicted molar refractivity (Wildman–Crippen MR) is 188 cm³/mol. The summed E-state index contributed by atoms with van der Waals surface area (Å²) < 4.78 is 0. The monoisotopic (exact) mass is 759 g/mol. The largest absolute Gasteiger partial charge is 0.481 e. The molecule has 0 aliphatic rings. The highest BCUT2D eigenvalue weighted by atomic mass is 16.4. The first kappa shape index (κ1) is 48.1. The average molecular weight is 760 g/mol. The van der Waals surface area contributed by atoms with Gasteiger partial charge in [-0.3, -0.25) is 43.2 Å². The molecule has 0 fully saturated rings. The van der Waals surface area contributed by atoms with E-state index in [2.05, 4.69) is 37.2 Å². The number of carboxylic acids is 2. The van der Waals surface area contributed by atoms with Gasteiger partial charge in [-0.15, -0.1) is 0 Å². The van der Waals surface area contributed by atoms with Crippen molar-refractivity contribution in [2.75, 3.05) is 32.8 Å². The number of aliphatic hydroxyl groups excluding tert-OH is 1. The van der Waals surface area contributed by atoms with Gasteiger partial charge in [0.15, 0.2) is 0 Å². The Labute approximate surface area is 307 Å². The molecule has 0 aliphatic heterocycles. The second-order valence-corrected chi connectivity index (χ2v) is 12.9. The lowest BCUT2D eigenvalue weighted by atomic mass is 9.99. The average Bonchev–Trinajstić information content (AvgIpc) is 3.10. The van der Waals surface area contributed by atoms with Crippen molar-refractivity contribution >= 4 is 53.3 Å². The van der Waals surface area contributed by atoms with Gasteiger partial charge in [0.25, 0.3) is 0 Å². The minimum absolute atomic E-state index is 0.0592. The lowest BCUT2D eigenvalue weighted by Crippen LogP contribution is -2.57. The first-order chi connectivity index (χ1) is 24.9. The number of hydrogen-bond donors (Lipinski definition) is 12. The minimum Gasteiger partial charge on any atom is -0.481 e. The number of aliphatic hydroxyl groups is 1. The first-order valence-corrected chi connectivity index (χ1v) is 17.4. The fourth-order valence-electron chi connectivity index (χ4n) is 4.60. The molecular weight excluding hydrogens is 702 g/mol. The second kappa shape index (κ2) is 26.0. The number of amides is 7. The first-order valence-electron chi connectivity index (χ1n) is 17.4. The number of hydrogen-bond acceptors (Lipinski definition) is 12. The summed E-state index contributed by atoms with van der Waals surface area (Å²) in [5.41, 5.74) is 11.4. The van der Waals surface area contributed by atoms with Crippen LogP contribution in [0.1, 0.15) is 72.6 Å². The van der Waals surface area contributed by atoms with Crippen LogP contribution in [0.4, 0.5) is 0 Å². The van der Waals surface area contributed by atoms with Gasteiger partial charge >= 0.3 is 11.9 Å². The van der Waals surface area contributed by atoms with Crippen molar-refractivity contribution in [2.24, 2.45) is 23.3 Å². The van der Waals surface area contributed by atoms with Gasteiger partial charge in [0.1, 0.15) is 30.7 Å². The number of carbonyl (C=O) groups excluding carboxylic acids is 7. The van der Waals surface area contributed by atoms with E-state index >= 15 is 0 Å². The summed E-state index contributed by atoms with van der Waals surface area (Å²) >= 11 is 0. The topological polar surface area (TPSA) is 351 Å². The van der Waals surface area contributed by atoms with Crippen molar-refractivity contribution in [3.8, 4) is 0 Å². The molecule has 0 rings (SSSR count). The molecular formula is C32H57N9O12. The Bertz CT molecular complexity index is 1270. The van der Waals surface area contributed by atoms with Gasteiger partial charge in [-0.25, -0.2) is 0 Å². The maximum Gasteiger partial charge on any atom is 0.322 e. The normalized spacial score (nSPS) is 14.3. The molecule has 6 atom stereocenters. The molecule has 0 aromatic carbocycles. The molecule has 0 aliphatic carbocycles. The summed E-state index contributed by atoms with van der Waals surface area (Å²) in [7, 11) is 0. The minimum atomic E-state index is -1.58. The summed E-state index contributed by atoms with van der Waals surface area (Å²) in [6.45, 7) is 4.58. The third-order valence-corrected chi connectivity index (χ3v) is 7.87. The molecule has 0 saturated carbocycles. The van der Waals surface area contributed by atoms with Gasteiger partial charge in [-0.1, -0.05) is 34.1 Å². The highest BCUT2D eigenvalue weighted by Crippen LogP contribution is 2.07. The van der Waals surface area contributed by atoms with Gasteiger partial charge in [0.05, 0.1) is 25.7 Å². The summed E-state index contributed by atoms with van der Waals surface area (Å²) in [5.74, 6) is -8.73. The van der Waals surface area contributed by atoms with E-state index in [9.17, 15) is 48.3 Å². The fraction of sp³-hybridized carbons (Fsp3) is 0.719. The Morgan fingerprint density at radius 3 is 1.60 bits per heavy atom. The van der Waals surface area contributed by atoms with Crippen molar-refractivity contribution in [2.45, 2.75) is 103 Å². The number of aliphatic carboxylic acids is 2. The molecule has 0 saturated heterocycles. The number of carbonyl (C=O) groups is 9. The summed E-state index contributed by atoms with van der Waals surface area (Å²) in [6.07, 6.45) is 0.687. The van der Waals surface area contributed by atoms with Gasteiger partial charge in [0.2, 0.25) is 41.4 Å². The molecule has 0 unspecified atom stereocenters. The van der Waals surface area contributed by atoms with Crippen LogP contribution in [0.5, 0.6) is 0 Å². The zero-order valence-electron chi connectivity index (χ0n) is 30.7. The molecule has 7 amide bonds. The molecule has 21 nitrogen and oxygen atoms in total. The second-order valence-electron chi connectivity index (χ2n) is 12.9. The van der Waals surface area contributed by atoms with Crippen LogP contribution in [-0.4, -0.2) is 132 Å². The number of nitrogens with two attached hydrogens (primary N) is 2. The summed E-state index contributed by atoms with van der Waals surface area (Å²) in [5, 5.41) is 44.0. The zero-order chi connectivity index (χ0) is 40.7. The van der Waals surface area contributed by atoms with E-state index in [-0.39, 0.29) is 31.2 Å². The summed E-state index contributed by atoms with van der Waals surface area (Å²) in [4.78, 5) is 111. The Kier molecular flexibility index (Phi) is 23.6. The third-order valence-electron chi connectivity index (χ3n) is 7.87. The lowest BCUT2D eigenvalue weighted by Gasteiger charge is -2.24. The molecule has 53 heavy (non-hydrogen) atoms. The van der Waals surface area contributed by atoms with Gasteiger partial charge in [-0.2, -0.15) is 0 Å². The molecule has 21 heteroatoms. The van der Waals surface area contributed by atoms with Crippen LogP contribution in [0.2, 0.25) is 0 Å². The van der Waals surface area contributed by atoms with E-state index in [4.69, 9.17) is 21.7 Å². The smallest absolute Gasteiger partial charge is 0.322 e. The van der Waals surface area contributed by atoms with Gasteiger partial charge in [0, 0.05) is 6.42 Å². The number of carboxylic acid groups (broad SMARTS) is 2. The van der Waals surface area contributed by atoms with Crippen molar-refractivity contribution in [1.29, 1.82) is 0 Å². The van der Waals surface area contributed by atoms with E-state index in [1.807, 2.05) is 6.92 Å². The third kappa shape index (κ3) is 20.7. The lowest BCUT2D eigenvalue weighted by molar-refractivity contribution is -0.138. The van der Waals surface area contributed by atoms with Crippen molar-refractivity contribution < 1.29 is 58.5 Å². The Morgan fingerprint density at radius 2 is 1.09 bits per heavy atom. The maximum atomic E-state index is 13.1. The van der Waals surface area contributed by atoms with Crippen LogP contribution in [0.15, 0.2) is 0 Å². The molecule has 14 N–H and O–H groups in total. The Balaban J connectivity index is 5.50. The molecule has 302 valence electrons. The van der Waals surface area contributed by atoms with Crippen LogP contribution in [-0.2, 0) is 43.2 Å². The highest BCUT2D eigenvalue weighted by Gasteiger charge is 2.30. The maximum absolute atomic E-state index is 13.1. The van der Waals surface area contributed by atoms with E-state index in [0.29, 0.717) is 19.3 Å². The van der Waals surface area contributed by atoms with E-state index in [1.54, 1.807) is 20.8 Å². The quantitative estimate of drug-likeness (QED) is 0.0353. The highest BCUT2D eigenvalue weighted by molar-refractivity contribution is 5.96. The number of rotatable bonds is 27. The summed E-state index contributed by atoms with van der Waals surface area (Å²) in [6, 6.07) is -6.33. The standard InChI is InChI=1S/C32H57N9O12/c1-5-18(4)27(34)32(53)36-14-24(44)39-21(12-17(2)3)31(52)41-22(16-42)29(50)35-13-23(43)38-20(9-10-25(45)46)30(51)40-19(8-6-7-11-33)28(49)37-15-26(47)48/h17-22,27,42H,5-16,33-34H2,1-4H3,(H,35,50)(H,36,53)(H,37,49)(H,38,43)(H,39,44)(H,40,51)(H,41,52)(H,45,46)(H,47,48)/t18-,19-,20-,21-,22-,27-/m0/s1.